The van der Waals surface area contributed by atoms with Crippen molar-refractivity contribution in [2.75, 3.05) is 26.2 Å². The van der Waals surface area contributed by atoms with Crippen molar-refractivity contribution in [3.05, 3.63) is 0 Å². The fourth-order valence-corrected chi connectivity index (χ4v) is 2.76. The second-order valence-electron chi connectivity index (χ2n) is 6.63. The molecule has 116 valence electrons. The van der Waals surface area contributed by atoms with E-state index in [1.165, 1.54) is 0 Å². The van der Waals surface area contributed by atoms with Crippen LogP contribution >= 0.6 is 0 Å². The molecule has 0 aromatic rings. The lowest BCUT2D eigenvalue weighted by molar-refractivity contribution is -0.137. The van der Waals surface area contributed by atoms with Gasteiger partial charge in [0.05, 0.1) is 6.42 Å². The van der Waals surface area contributed by atoms with Gasteiger partial charge in [-0.15, -0.1) is 0 Å². The predicted octanol–water partition coefficient (Wildman–Crippen LogP) is 2.66. The van der Waals surface area contributed by atoms with Crippen molar-refractivity contribution >= 4 is 12.0 Å². The summed E-state index contributed by atoms with van der Waals surface area (Å²) in [5.41, 5.74) is 0.295. The Labute approximate surface area is 121 Å². The van der Waals surface area contributed by atoms with E-state index in [1.807, 2.05) is 11.8 Å². The SMILES string of the molecule is CCN(CCC(=O)O)C(=O)N1CCC(C(C)(C)C)CC1. The van der Waals surface area contributed by atoms with Crippen LogP contribution in [0.1, 0.15) is 47.0 Å². The molecule has 1 fully saturated rings. The van der Waals surface area contributed by atoms with Gasteiger partial charge in [-0.2, -0.15) is 0 Å². The number of piperidine rings is 1. The lowest BCUT2D eigenvalue weighted by Gasteiger charge is -2.40. The van der Waals surface area contributed by atoms with Crippen LogP contribution in [-0.2, 0) is 4.79 Å². The molecule has 5 heteroatoms. The van der Waals surface area contributed by atoms with Crippen molar-refractivity contribution in [1.82, 2.24) is 9.80 Å². The van der Waals surface area contributed by atoms with E-state index in [-0.39, 0.29) is 12.5 Å². The molecule has 1 aliphatic rings. The fourth-order valence-electron chi connectivity index (χ4n) is 2.76. The lowest BCUT2D eigenvalue weighted by Crippen LogP contribution is -2.48. The van der Waals surface area contributed by atoms with Gasteiger partial charge in [-0.1, -0.05) is 20.8 Å². The Kier molecular flexibility index (Phi) is 5.84. The van der Waals surface area contributed by atoms with E-state index in [1.54, 1.807) is 4.90 Å². The number of urea groups is 1. The van der Waals surface area contributed by atoms with Gasteiger partial charge in [-0.3, -0.25) is 4.79 Å². The van der Waals surface area contributed by atoms with E-state index in [9.17, 15) is 9.59 Å². The fraction of sp³-hybridized carbons (Fsp3) is 0.867. The van der Waals surface area contributed by atoms with Crippen molar-refractivity contribution < 1.29 is 14.7 Å². The summed E-state index contributed by atoms with van der Waals surface area (Å²) in [7, 11) is 0. The van der Waals surface area contributed by atoms with E-state index in [0.717, 1.165) is 25.9 Å². The van der Waals surface area contributed by atoms with Crippen LogP contribution in [0.25, 0.3) is 0 Å². The Hall–Kier alpha value is -1.26. The van der Waals surface area contributed by atoms with E-state index in [2.05, 4.69) is 20.8 Å². The molecular formula is C15H28N2O3. The topological polar surface area (TPSA) is 60.9 Å². The average molecular weight is 284 g/mol. The summed E-state index contributed by atoms with van der Waals surface area (Å²) in [5.74, 6) is -0.205. The Morgan fingerprint density at radius 2 is 1.80 bits per heavy atom. The normalized spacial score (nSPS) is 17.1. The van der Waals surface area contributed by atoms with Crippen LogP contribution in [0.5, 0.6) is 0 Å². The number of nitrogens with zero attached hydrogens (tertiary/aromatic N) is 2. The first-order valence-corrected chi connectivity index (χ1v) is 7.51. The highest BCUT2D eigenvalue weighted by molar-refractivity contribution is 5.75. The molecule has 0 aromatic heterocycles. The first-order chi connectivity index (χ1) is 9.25. The molecule has 2 amide bonds. The lowest BCUT2D eigenvalue weighted by atomic mass is 9.75. The van der Waals surface area contributed by atoms with E-state index < -0.39 is 5.97 Å². The molecule has 0 atom stereocenters. The highest BCUT2D eigenvalue weighted by atomic mass is 16.4. The first kappa shape index (κ1) is 16.8. The summed E-state index contributed by atoms with van der Waals surface area (Å²) in [6.45, 7) is 11.1. The van der Waals surface area contributed by atoms with Gasteiger partial charge in [0.2, 0.25) is 0 Å². The number of amides is 2. The molecule has 20 heavy (non-hydrogen) atoms. The van der Waals surface area contributed by atoms with Gasteiger partial charge in [0.15, 0.2) is 0 Å². The zero-order valence-corrected chi connectivity index (χ0v) is 13.2. The Morgan fingerprint density at radius 1 is 1.25 bits per heavy atom. The molecule has 0 radical (unpaired) electrons. The zero-order chi connectivity index (χ0) is 15.3. The quantitative estimate of drug-likeness (QED) is 0.863. The number of likely N-dealkylation sites (tertiary alicyclic amines) is 1. The maximum atomic E-state index is 12.4. The third-order valence-electron chi connectivity index (χ3n) is 4.24. The van der Waals surface area contributed by atoms with Gasteiger partial charge in [-0.05, 0) is 31.1 Å². The summed E-state index contributed by atoms with van der Waals surface area (Å²) >= 11 is 0. The molecule has 0 aromatic carbocycles. The van der Waals surface area contributed by atoms with E-state index in [0.29, 0.717) is 24.4 Å². The molecule has 5 nitrogen and oxygen atoms in total. The maximum Gasteiger partial charge on any atom is 0.320 e. The minimum Gasteiger partial charge on any atom is -0.481 e. The van der Waals surface area contributed by atoms with Crippen molar-refractivity contribution in [2.45, 2.75) is 47.0 Å². The second-order valence-corrected chi connectivity index (χ2v) is 6.63. The highest BCUT2D eigenvalue weighted by Gasteiger charge is 2.31. The van der Waals surface area contributed by atoms with Gasteiger partial charge in [0.1, 0.15) is 0 Å². The van der Waals surface area contributed by atoms with E-state index >= 15 is 0 Å². The first-order valence-electron chi connectivity index (χ1n) is 7.51. The molecule has 1 saturated heterocycles. The Bertz CT molecular complexity index is 342. The minimum absolute atomic E-state index is 0.0119. The molecule has 1 N–H and O–H groups in total. The van der Waals surface area contributed by atoms with Crippen LogP contribution in [-0.4, -0.2) is 53.1 Å². The van der Waals surface area contributed by atoms with Crippen molar-refractivity contribution in [3.63, 3.8) is 0 Å². The number of carbonyl (C=O) groups excluding carboxylic acids is 1. The minimum atomic E-state index is -0.859. The van der Waals surface area contributed by atoms with Crippen LogP contribution in [0.2, 0.25) is 0 Å². The number of aliphatic carboxylic acids is 1. The van der Waals surface area contributed by atoms with Gasteiger partial charge in [0, 0.05) is 26.2 Å². The van der Waals surface area contributed by atoms with Crippen molar-refractivity contribution in [3.8, 4) is 0 Å². The van der Waals surface area contributed by atoms with Crippen LogP contribution < -0.4 is 0 Å². The molecule has 0 saturated carbocycles. The number of hydrogen-bond acceptors (Lipinski definition) is 2. The molecule has 0 spiro atoms. The van der Waals surface area contributed by atoms with Gasteiger partial charge >= 0.3 is 12.0 Å². The summed E-state index contributed by atoms with van der Waals surface area (Å²) < 4.78 is 0. The molecule has 0 bridgehead atoms. The van der Waals surface area contributed by atoms with Gasteiger partial charge in [-0.25, -0.2) is 4.79 Å². The molecule has 0 unspecified atom stereocenters. The number of carbonyl (C=O) groups is 2. The summed E-state index contributed by atoms with van der Waals surface area (Å²) in [6.07, 6.45) is 2.08. The number of rotatable bonds is 4. The second kappa shape index (κ2) is 6.95. The Morgan fingerprint density at radius 3 is 2.20 bits per heavy atom. The molecule has 1 aliphatic heterocycles. The summed E-state index contributed by atoms with van der Waals surface area (Å²) in [5, 5.41) is 8.72. The van der Waals surface area contributed by atoms with Crippen molar-refractivity contribution in [1.29, 1.82) is 0 Å². The largest absolute Gasteiger partial charge is 0.481 e. The molecular weight excluding hydrogens is 256 g/mol. The number of carboxylic acids is 1. The van der Waals surface area contributed by atoms with Crippen molar-refractivity contribution in [2.24, 2.45) is 11.3 Å². The highest BCUT2D eigenvalue weighted by Crippen LogP contribution is 2.34. The summed E-state index contributed by atoms with van der Waals surface area (Å²) in [6, 6.07) is -0.0129. The standard InChI is InChI=1S/C15H28N2O3/c1-5-16(11-8-13(18)19)14(20)17-9-6-12(7-10-17)15(2,3)4/h12H,5-11H2,1-4H3,(H,18,19). The van der Waals surface area contributed by atoms with Crippen LogP contribution in [0.15, 0.2) is 0 Å². The zero-order valence-electron chi connectivity index (χ0n) is 13.2. The smallest absolute Gasteiger partial charge is 0.320 e. The van der Waals surface area contributed by atoms with Gasteiger partial charge < -0.3 is 14.9 Å². The maximum absolute atomic E-state index is 12.4. The van der Waals surface area contributed by atoms with Gasteiger partial charge in [0.25, 0.3) is 0 Å². The van der Waals surface area contributed by atoms with Crippen LogP contribution in [0.3, 0.4) is 0 Å². The third kappa shape index (κ3) is 4.69. The molecule has 1 heterocycles. The van der Waals surface area contributed by atoms with Crippen LogP contribution in [0, 0.1) is 11.3 Å². The molecule has 1 rings (SSSR count). The third-order valence-corrected chi connectivity index (χ3v) is 4.24. The monoisotopic (exact) mass is 284 g/mol. The van der Waals surface area contributed by atoms with E-state index in [4.69, 9.17) is 5.11 Å². The predicted molar refractivity (Wildman–Crippen MR) is 78.6 cm³/mol. The molecule has 0 aliphatic carbocycles. The average Bonchev–Trinajstić information content (AvgIpc) is 2.38. The van der Waals surface area contributed by atoms with Crippen LogP contribution in [0.4, 0.5) is 4.79 Å². The number of hydrogen-bond donors (Lipinski definition) is 1. The Balaban J connectivity index is 2.50. The summed E-state index contributed by atoms with van der Waals surface area (Å²) in [4.78, 5) is 26.5. The number of carboxylic acid groups (broad SMARTS) is 1.